The number of anilines is 1. The molecule has 3 nitrogen and oxygen atoms in total. The van der Waals surface area contributed by atoms with E-state index in [1.807, 2.05) is 0 Å². The van der Waals surface area contributed by atoms with Crippen LogP contribution in [0.4, 0.5) is 19.3 Å². The Morgan fingerprint density at radius 1 is 1.11 bits per heavy atom. The number of rotatable bonds is 2. The molecule has 2 aromatic rings. The van der Waals surface area contributed by atoms with Crippen molar-refractivity contribution in [1.29, 1.82) is 0 Å². The highest BCUT2D eigenvalue weighted by molar-refractivity contribution is 5.86. The standard InChI is InChI=1S/C14H11F2NO2/c1-9-12(15)7-10(8-13(9)16)17-14(18)19-11-5-3-2-4-6-11/h2-8H,1H3,(H,17,18). The van der Waals surface area contributed by atoms with Gasteiger partial charge < -0.3 is 4.74 Å². The second kappa shape index (κ2) is 5.48. The molecular formula is C14H11F2NO2. The topological polar surface area (TPSA) is 38.3 Å². The highest BCUT2D eigenvalue weighted by Crippen LogP contribution is 2.18. The molecule has 0 aliphatic heterocycles. The van der Waals surface area contributed by atoms with Crippen LogP contribution >= 0.6 is 0 Å². The van der Waals surface area contributed by atoms with Gasteiger partial charge in [-0.15, -0.1) is 0 Å². The molecule has 0 aliphatic carbocycles. The van der Waals surface area contributed by atoms with Crippen LogP contribution in [0.5, 0.6) is 5.75 Å². The van der Waals surface area contributed by atoms with E-state index in [0.29, 0.717) is 5.75 Å². The lowest BCUT2D eigenvalue weighted by Gasteiger charge is -2.08. The van der Waals surface area contributed by atoms with Crippen LogP contribution in [0.25, 0.3) is 0 Å². The number of halogens is 2. The van der Waals surface area contributed by atoms with E-state index in [2.05, 4.69) is 5.32 Å². The summed E-state index contributed by atoms with van der Waals surface area (Å²) in [7, 11) is 0. The minimum absolute atomic E-state index is 0.00142. The Hall–Kier alpha value is -2.43. The first-order valence-electron chi connectivity index (χ1n) is 5.56. The van der Waals surface area contributed by atoms with Gasteiger partial charge in [0.1, 0.15) is 17.4 Å². The van der Waals surface area contributed by atoms with E-state index in [1.165, 1.54) is 6.92 Å². The summed E-state index contributed by atoms with van der Waals surface area (Å²) in [4.78, 5) is 11.5. The zero-order valence-corrected chi connectivity index (χ0v) is 10.1. The van der Waals surface area contributed by atoms with Gasteiger partial charge in [0.25, 0.3) is 0 Å². The van der Waals surface area contributed by atoms with Gasteiger partial charge >= 0.3 is 6.09 Å². The summed E-state index contributed by atoms with van der Waals surface area (Å²) in [6, 6.07) is 10.4. The van der Waals surface area contributed by atoms with Gasteiger partial charge in [-0.1, -0.05) is 18.2 Å². The minimum atomic E-state index is -0.811. The zero-order chi connectivity index (χ0) is 13.8. The number of ether oxygens (including phenoxy) is 1. The van der Waals surface area contributed by atoms with Crippen molar-refractivity contribution in [1.82, 2.24) is 0 Å². The Morgan fingerprint density at radius 2 is 1.68 bits per heavy atom. The second-order valence-corrected chi connectivity index (χ2v) is 3.89. The molecule has 2 rings (SSSR count). The molecule has 0 unspecified atom stereocenters. The van der Waals surface area contributed by atoms with Gasteiger partial charge in [-0.2, -0.15) is 0 Å². The van der Waals surface area contributed by atoms with Crippen LogP contribution in [0.15, 0.2) is 42.5 Å². The lowest BCUT2D eigenvalue weighted by atomic mass is 10.2. The van der Waals surface area contributed by atoms with Crippen LogP contribution in [0.1, 0.15) is 5.56 Å². The molecule has 0 spiro atoms. The third-order valence-electron chi connectivity index (χ3n) is 2.48. The Labute approximate surface area is 108 Å². The largest absolute Gasteiger partial charge is 0.417 e. The normalized spacial score (nSPS) is 10.1. The van der Waals surface area contributed by atoms with E-state index in [4.69, 9.17) is 4.74 Å². The van der Waals surface area contributed by atoms with Crippen molar-refractivity contribution in [2.24, 2.45) is 0 Å². The molecule has 1 N–H and O–H groups in total. The molecule has 0 saturated heterocycles. The van der Waals surface area contributed by atoms with Crippen LogP contribution < -0.4 is 10.1 Å². The molecule has 0 aliphatic rings. The summed E-state index contributed by atoms with van der Waals surface area (Å²) in [6.45, 7) is 1.32. The quantitative estimate of drug-likeness (QED) is 0.892. The monoisotopic (exact) mass is 263 g/mol. The molecule has 0 radical (unpaired) electrons. The van der Waals surface area contributed by atoms with Crippen LogP contribution in [0.2, 0.25) is 0 Å². The fourth-order valence-electron chi connectivity index (χ4n) is 1.46. The molecule has 0 fully saturated rings. The number of hydrogen-bond donors (Lipinski definition) is 1. The van der Waals surface area contributed by atoms with Crippen molar-refractivity contribution < 1.29 is 18.3 Å². The number of carbonyl (C=O) groups excluding carboxylic acids is 1. The fourth-order valence-corrected chi connectivity index (χ4v) is 1.46. The number of para-hydroxylation sites is 1. The van der Waals surface area contributed by atoms with Crippen LogP contribution in [-0.4, -0.2) is 6.09 Å². The molecule has 5 heteroatoms. The Morgan fingerprint density at radius 3 is 2.26 bits per heavy atom. The van der Waals surface area contributed by atoms with Crippen molar-refractivity contribution in [3.8, 4) is 5.75 Å². The number of carbonyl (C=O) groups is 1. The van der Waals surface area contributed by atoms with Crippen molar-refractivity contribution >= 4 is 11.8 Å². The van der Waals surface area contributed by atoms with Gasteiger partial charge in [0.15, 0.2) is 0 Å². The van der Waals surface area contributed by atoms with Gasteiger partial charge in [0.05, 0.1) is 0 Å². The molecule has 19 heavy (non-hydrogen) atoms. The summed E-state index contributed by atoms with van der Waals surface area (Å²) in [5.41, 5.74) is -0.0940. The van der Waals surface area contributed by atoms with E-state index in [0.717, 1.165) is 12.1 Å². The highest BCUT2D eigenvalue weighted by Gasteiger charge is 2.10. The molecule has 0 aromatic heterocycles. The molecule has 0 atom stereocenters. The van der Waals surface area contributed by atoms with E-state index < -0.39 is 17.7 Å². The van der Waals surface area contributed by atoms with Gasteiger partial charge in [-0.3, -0.25) is 5.32 Å². The van der Waals surface area contributed by atoms with E-state index in [1.54, 1.807) is 30.3 Å². The van der Waals surface area contributed by atoms with E-state index >= 15 is 0 Å². The second-order valence-electron chi connectivity index (χ2n) is 3.89. The van der Waals surface area contributed by atoms with Crippen molar-refractivity contribution in [2.45, 2.75) is 6.92 Å². The summed E-state index contributed by atoms with van der Waals surface area (Å²) >= 11 is 0. The van der Waals surface area contributed by atoms with Crippen LogP contribution in [-0.2, 0) is 0 Å². The van der Waals surface area contributed by atoms with Gasteiger partial charge in [0.2, 0.25) is 0 Å². The smallest absolute Gasteiger partial charge is 0.410 e. The van der Waals surface area contributed by atoms with Gasteiger partial charge in [0, 0.05) is 11.3 Å². The molecule has 2 aromatic carbocycles. The lowest BCUT2D eigenvalue weighted by Crippen LogP contribution is -2.17. The maximum absolute atomic E-state index is 13.3. The predicted molar refractivity (Wildman–Crippen MR) is 67.2 cm³/mol. The Balaban J connectivity index is 2.07. The molecule has 0 saturated carbocycles. The van der Waals surface area contributed by atoms with Gasteiger partial charge in [-0.05, 0) is 31.2 Å². The molecular weight excluding hydrogens is 252 g/mol. The number of amides is 1. The summed E-state index contributed by atoms with van der Waals surface area (Å²) in [5, 5.41) is 2.26. The minimum Gasteiger partial charge on any atom is -0.410 e. The molecule has 0 bridgehead atoms. The van der Waals surface area contributed by atoms with Crippen molar-refractivity contribution in [3.05, 3.63) is 59.7 Å². The number of hydrogen-bond acceptors (Lipinski definition) is 2. The zero-order valence-electron chi connectivity index (χ0n) is 10.1. The van der Waals surface area contributed by atoms with Crippen LogP contribution in [0.3, 0.4) is 0 Å². The van der Waals surface area contributed by atoms with Gasteiger partial charge in [-0.25, -0.2) is 13.6 Å². The number of benzene rings is 2. The summed E-state index contributed by atoms with van der Waals surface area (Å²) in [6.07, 6.45) is -0.811. The first kappa shape index (κ1) is 13.0. The molecule has 98 valence electrons. The third kappa shape index (κ3) is 3.28. The maximum atomic E-state index is 13.3. The van der Waals surface area contributed by atoms with E-state index in [-0.39, 0.29) is 11.3 Å². The van der Waals surface area contributed by atoms with Crippen molar-refractivity contribution in [2.75, 3.05) is 5.32 Å². The van der Waals surface area contributed by atoms with E-state index in [9.17, 15) is 13.6 Å². The Kier molecular flexibility index (Phi) is 3.75. The summed E-state index contributed by atoms with van der Waals surface area (Å²) in [5.74, 6) is -1.11. The number of nitrogens with one attached hydrogen (secondary N) is 1. The average Bonchev–Trinajstić information content (AvgIpc) is 2.37. The molecule has 1 amide bonds. The SMILES string of the molecule is Cc1c(F)cc(NC(=O)Oc2ccccc2)cc1F. The Bertz CT molecular complexity index is 577. The van der Waals surface area contributed by atoms with Crippen molar-refractivity contribution in [3.63, 3.8) is 0 Å². The highest BCUT2D eigenvalue weighted by atomic mass is 19.1. The first-order chi connectivity index (χ1) is 9.06. The molecule has 0 heterocycles. The maximum Gasteiger partial charge on any atom is 0.417 e. The lowest BCUT2D eigenvalue weighted by molar-refractivity contribution is 0.215. The van der Waals surface area contributed by atoms with Crippen LogP contribution in [0, 0.1) is 18.6 Å². The first-order valence-corrected chi connectivity index (χ1v) is 5.56. The average molecular weight is 263 g/mol. The third-order valence-corrected chi connectivity index (χ3v) is 2.48. The predicted octanol–water partition coefficient (Wildman–Crippen LogP) is 3.88. The summed E-state index contributed by atoms with van der Waals surface area (Å²) < 4.78 is 31.5. The fraction of sp³-hybridized carbons (Fsp3) is 0.0714.